The Morgan fingerprint density at radius 1 is 1.15 bits per heavy atom. The summed E-state index contributed by atoms with van der Waals surface area (Å²) >= 11 is 2.73. The molecule has 8 nitrogen and oxygen atoms in total. The molecule has 1 fully saturated rings. The smallest absolute Gasteiger partial charge is 0.221 e. The van der Waals surface area contributed by atoms with E-state index in [1.165, 1.54) is 36.9 Å². The van der Waals surface area contributed by atoms with Crippen LogP contribution in [0.5, 0.6) is 0 Å². The number of Topliss-reactive ketones (excluding diaryl/α,β-unsaturated/α-hetero) is 1. The molecule has 142 valence electrons. The second-order valence-corrected chi connectivity index (χ2v) is 8.33. The molecule has 0 bridgehead atoms. The number of hydrogen-bond acceptors (Lipinski definition) is 8. The monoisotopic (exact) mass is 405 g/mol. The molecule has 1 aliphatic carbocycles. The predicted octanol–water partition coefficient (Wildman–Crippen LogP) is 3.00. The molecular weight excluding hydrogens is 386 g/mol. The first-order chi connectivity index (χ1) is 12.9. The van der Waals surface area contributed by atoms with E-state index in [9.17, 15) is 14.4 Å². The summed E-state index contributed by atoms with van der Waals surface area (Å²) < 4.78 is 0.711. The van der Waals surface area contributed by atoms with Gasteiger partial charge in [-0.25, -0.2) is 0 Å². The molecule has 2 amide bonds. The summed E-state index contributed by atoms with van der Waals surface area (Å²) in [6.07, 6.45) is 2.31. The zero-order chi connectivity index (χ0) is 19.4. The zero-order valence-electron chi connectivity index (χ0n) is 14.9. The largest absolute Gasteiger partial charge is 0.357 e. The Morgan fingerprint density at radius 2 is 1.89 bits per heavy atom. The summed E-state index contributed by atoms with van der Waals surface area (Å²) in [5.74, 6) is -0.503. The van der Waals surface area contributed by atoms with Crippen LogP contribution in [0.1, 0.15) is 37.0 Å². The highest BCUT2D eigenvalue weighted by Gasteiger charge is 2.22. The zero-order valence-corrected chi connectivity index (χ0v) is 16.5. The van der Waals surface area contributed by atoms with Gasteiger partial charge in [-0.05, 0) is 31.0 Å². The molecule has 1 aliphatic rings. The number of hydrogen-bond donors (Lipinski definition) is 3. The quantitative estimate of drug-likeness (QED) is 0.457. The average molecular weight is 406 g/mol. The summed E-state index contributed by atoms with van der Waals surface area (Å²) in [7, 11) is 0. The SMILES string of the molecule is CC(=O)Nc1ccc(C(=O)CSc2nnc(NC3CC3)s2)c(NC(C)=O)c1. The minimum atomic E-state index is -0.295. The molecule has 1 aromatic carbocycles. The number of amides is 2. The van der Waals surface area contributed by atoms with Crippen molar-refractivity contribution in [2.45, 2.75) is 37.1 Å². The molecular formula is C17H19N5O3S2. The molecule has 0 atom stereocenters. The lowest BCUT2D eigenvalue weighted by atomic mass is 10.1. The third-order valence-electron chi connectivity index (χ3n) is 3.59. The molecule has 1 heterocycles. The van der Waals surface area contributed by atoms with Crippen molar-refractivity contribution in [3.8, 4) is 0 Å². The molecule has 0 unspecified atom stereocenters. The fourth-order valence-electron chi connectivity index (χ4n) is 2.30. The van der Waals surface area contributed by atoms with Gasteiger partial charge < -0.3 is 16.0 Å². The third-order valence-corrected chi connectivity index (χ3v) is 5.58. The maximum absolute atomic E-state index is 12.6. The normalized spacial score (nSPS) is 13.1. The molecule has 1 aromatic heterocycles. The highest BCUT2D eigenvalue weighted by Crippen LogP contribution is 2.31. The first-order valence-electron chi connectivity index (χ1n) is 8.36. The predicted molar refractivity (Wildman–Crippen MR) is 107 cm³/mol. The van der Waals surface area contributed by atoms with Gasteiger partial charge in [-0.2, -0.15) is 0 Å². The Bertz CT molecular complexity index is 879. The van der Waals surface area contributed by atoms with Gasteiger partial charge in [0.15, 0.2) is 10.1 Å². The van der Waals surface area contributed by atoms with Crippen LogP contribution in [0.2, 0.25) is 0 Å². The second kappa shape index (κ2) is 8.49. The highest BCUT2D eigenvalue weighted by atomic mass is 32.2. The number of rotatable bonds is 8. The number of carbonyl (C=O) groups is 3. The van der Waals surface area contributed by atoms with Crippen molar-refractivity contribution in [2.24, 2.45) is 0 Å². The van der Waals surface area contributed by atoms with Gasteiger partial charge in [-0.3, -0.25) is 14.4 Å². The molecule has 0 aliphatic heterocycles. The van der Waals surface area contributed by atoms with Crippen molar-refractivity contribution in [3.05, 3.63) is 23.8 Å². The van der Waals surface area contributed by atoms with Gasteiger partial charge in [0.25, 0.3) is 0 Å². The maximum Gasteiger partial charge on any atom is 0.221 e. The van der Waals surface area contributed by atoms with Crippen LogP contribution < -0.4 is 16.0 Å². The number of thioether (sulfide) groups is 1. The molecule has 3 N–H and O–H groups in total. The van der Waals surface area contributed by atoms with Crippen molar-refractivity contribution >= 4 is 57.2 Å². The van der Waals surface area contributed by atoms with E-state index in [1.54, 1.807) is 18.2 Å². The Kier molecular flexibility index (Phi) is 6.07. The topological polar surface area (TPSA) is 113 Å². The summed E-state index contributed by atoms with van der Waals surface area (Å²) in [5, 5.41) is 17.5. The van der Waals surface area contributed by atoms with Crippen molar-refractivity contribution in [1.82, 2.24) is 10.2 Å². The molecule has 2 aromatic rings. The Labute approximate surface area is 164 Å². The third kappa shape index (κ3) is 5.76. The van der Waals surface area contributed by atoms with E-state index in [4.69, 9.17) is 0 Å². The first kappa shape index (κ1) is 19.3. The van der Waals surface area contributed by atoms with E-state index in [-0.39, 0.29) is 23.4 Å². The lowest BCUT2D eigenvalue weighted by molar-refractivity contribution is -0.115. The number of ketones is 1. The molecule has 10 heteroatoms. The van der Waals surface area contributed by atoms with Gasteiger partial charge in [0.05, 0.1) is 11.4 Å². The Morgan fingerprint density at radius 3 is 2.56 bits per heavy atom. The van der Waals surface area contributed by atoms with E-state index in [0.29, 0.717) is 27.3 Å². The summed E-state index contributed by atoms with van der Waals surface area (Å²) in [6.45, 7) is 2.76. The van der Waals surface area contributed by atoms with Gasteiger partial charge >= 0.3 is 0 Å². The van der Waals surface area contributed by atoms with Crippen LogP contribution in [-0.2, 0) is 9.59 Å². The number of aromatic nitrogens is 2. The maximum atomic E-state index is 12.6. The minimum absolute atomic E-state index is 0.148. The van der Waals surface area contributed by atoms with E-state index in [1.807, 2.05) is 0 Å². The summed E-state index contributed by atoms with van der Waals surface area (Å²) in [4.78, 5) is 35.3. The van der Waals surface area contributed by atoms with Gasteiger partial charge in [0.2, 0.25) is 16.9 Å². The minimum Gasteiger partial charge on any atom is -0.357 e. The number of benzene rings is 1. The summed E-state index contributed by atoms with van der Waals surface area (Å²) in [6, 6.07) is 5.30. The van der Waals surface area contributed by atoms with Crippen LogP contribution in [0.25, 0.3) is 0 Å². The van der Waals surface area contributed by atoms with E-state index >= 15 is 0 Å². The fraction of sp³-hybridized carbons (Fsp3) is 0.353. The van der Waals surface area contributed by atoms with Crippen LogP contribution in [0, 0.1) is 0 Å². The Balaban J connectivity index is 1.67. The Hall–Kier alpha value is -2.46. The van der Waals surface area contributed by atoms with Gasteiger partial charge in [0, 0.05) is 31.1 Å². The van der Waals surface area contributed by atoms with E-state index in [0.717, 1.165) is 18.0 Å². The number of nitrogens with zero attached hydrogens (tertiary/aromatic N) is 2. The second-order valence-electron chi connectivity index (χ2n) is 6.13. The average Bonchev–Trinajstić information content (AvgIpc) is 3.28. The lowest BCUT2D eigenvalue weighted by Gasteiger charge is -2.11. The lowest BCUT2D eigenvalue weighted by Crippen LogP contribution is -2.13. The van der Waals surface area contributed by atoms with Crippen molar-refractivity contribution < 1.29 is 14.4 Å². The van der Waals surface area contributed by atoms with Crippen LogP contribution >= 0.6 is 23.1 Å². The van der Waals surface area contributed by atoms with Gasteiger partial charge in [-0.1, -0.05) is 23.1 Å². The first-order valence-corrected chi connectivity index (χ1v) is 10.2. The number of carbonyl (C=O) groups excluding carboxylic acids is 3. The standard InChI is InChI=1S/C17H19N5O3S2/c1-9(23)18-12-5-6-13(14(7-12)19-10(2)24)15(25)8-26-17-22-21-16(27-17)20-11-3-4-11/h5-7,11H,3-4,8H2,1-2H3,(H,18,23)(H,19,24)(H,20,21). The van der Waals surface area contributed by atoms with Crippen molar-refractivity contribution in [1.29, 1.82) is 0 Å². The summed E-state index contributed by atoms with van der Waals surface area (Å²) in [5.41, 5.74) is 1.26. The highest BCUT2D eigenvalue weighted by molar-refractivity contribution is 8.01. The molecule has 3 rings (SSSR count). The van der Waals surface area contributed by atoms with Crippen LogP contribution in [0.4, 0.5) is 16.5 Å². The molecule has 0 radical (unpaired) electrons. The molecule has 0 saturated heterocycles. The van der Waals surface area contributed by atoms with Crippen molar-refractivity contribution in [3.63, 3.8) is 0 Å². The molecule has 1 saturated carbocycles. The number of nitrogens with one attached hydrogen (secondary N) is 3. The van der Waals surface area contributed by atoms with Crippen LogP contribution in [0.15, 0.2) is 22.5 Å². The van der Waals surface area contributed by atoms with E-state index < -0.39 is 0 Å². The van der Waals surface area contributed by atoms with Crippen molar-refractivity contribution in [2.75, 3.05) is 21.7 Å². The van der Waals surface area contributed by atoms with Crippen LogP contribution in [-0.4, -0.2) is 39.6 Å². The fourth-order valence-corrected chi connectivity index (χ4v) is 4.01. The van der Waals surface area contributed by atoms with Gasteiger partial charge in [0.1, 0.15) is 0 Å². The number of anilines is 3. The van der Waals surface area contributed by atoms with Gasteiger partial charge in [-0.15, -0.1) is 10.2 Å². The van der Waals surface area contributed by atoms with Crippen LogP contribution in [0.3, 0.4) is 0 Å². The molecule has 27 heavy (non-hydrogen) atoms. The van der Waals surface area contributed by atoms with E-state index in [2.05, 4.69) is 26.1 Å². The molecule has 0 spiro atoms.